The van der Waals surface area contributed by atoms with Crippen LogP contribution in [-0.2, 0) is 16.3 Å². The minimum absolute atomic E-state index is 0.0165. The number of carbonyl (C=O) groups excluding carboxylic acids is 1. The van der Waals surface area contributed by atoms with Crippen molar-refractivity contribution in [3.63, 3.8) is 0 Å². The summed E-state index contributed by atoms with van der Waals surface area (Å²) in [5, 5.41) is 3.24. The summed E-state index contributed by atoms with van der Waals surface area (Å²) in [4.78, 5) is 12.0. The third kappa shape index (κ3) is 3.56. The lowest BCUT2D eigenvalue weighted by Gasteiger charge is -2.05. The van der Waals surface area contributed by atoms with Gasteiger partial charge in [0.05, 0.1) is 5.75 Å². The van der Waals surface area contributed by atoms with E-state index in [9.17, 15) is 13.2 Å². The van der Waals surface area contributed by atoms with Crippen molar-refractivity contribution in [3.8, 4) is 0 Å². The molecule has 1 aliphatic heterocycles. The van der Waals surface area contributed by atoms with Crippen LogP contribution in [0.25, 0.3) is 0 Å². The molecule has 1 aromatic rings. The Hall–Kier alpha value is -1.36. The number of rotatable bonds is 6. The molecular weight excluding hydrogens is 262 g/mol. The lowest BCUT2D eigenvalue weighted by Crippen LogP contribution is -2.10. The van der Waals surface area contributed by atoms with Crippen LogP contribution < -0.4 is 5.32 Å². The van der Waals surface area contributed by atoms with Crippen molar-refractivity contribution in [2.45, 2.75) is 26.2 Å². The molecule has 0 unspecified atom stereocenters. The van der Waals surface area contributed by atoms with E-state index in [1.165, 1.54) is 5.56 Å². The molecule has 0 amide bonds. The van der Waals surface area contributed by atoms with Crippen LogP contribution in [0.15, 0.2) is 18.2 Å². The largest absolute Gasteiger partial charge is 0.384 e. The fraction of sp³-hybridized carbons (Fsp3) is 0.500. The number of carbonyl (C=O) groups is 1. The molecule has 0 aromatic heterocycles. The Kier molecular flexibility index (Phi) is 4.24. The first-order chi connectivity index (χ1) is 9.02. The van der Waals surface area contributed by atoms with Gasteiger partial charge in [-0.05, 0) is 24.5 Å². The third-order valence-electron chi connectivity index (χ3n) is 3.44. The average molecular weight is 281 g/mol. The summed E-state index contributed by atoms with van der Waals surface area (Å²) in [5.74, 6) is 0.255. The van der Waals surface area contributed by atoms with E-state index in [0.29, 0.717) is 12.0 Å². The van der Waals surface area contributed by atoms with Crippen molar-refractivity contribution in [1.82, 2.24) is 0 Å². The minimum Gasteiger partial charge on any atom is -0.384 e. The van der Waals surface area contributed by atoms with E-state index >= 15 is 0 Å². The molecule has 0 fully saturated rings. The second-order valence-corrected chi connectivity index (χ2v) is 7.28. The second-order valence-electron chi connectivity index (χ2n) is 4.81. The molecule has 0 saturated heterocycles. The lowest BCUT2D eigenvalue weighted by atomic mass is 10.0. The van der Waals surface area contributed by atoms with Crippen LogP contribution in [-0.4, -0.2) is 32.3 Å². The van der Waals surface area contributed by atoms with Crippen molar-refractivity contribution >= 4 is 21.3 Å². The molecule has 0 spiro atoms. The van der Waals surface area contributed by atoms with E-state index in [-0.39, 0.29) is 23.7 Å². The Morgan fingerprint density at radius 3 is 2.89 bits per heavy atom. The van der Waals surface area contributed by atoms with Gasteiger partial charge in [0, 0.05) is 30.0 Å². The van der Waals surface area contributed by atoms with Crippen molar-refractivity contribution < 1.29 is 13.2 Å². The highest BCUT2D eigenvalue weighted by atomic mass is 32.2. The topological polar surface area (TPSA) is 63.2 Å². The summed E-state index contributed by atoms with van der Waals surface area (Å²) in [6.45, 7) is 2.55. The number of hydrogen-bond donors (Lipinski definition) is 1. The summed E-state index contributed by atoms with van der Waals surface area (Å²) in [6.07, 6.45) is 1.69. The van der Waals surface area contributed by atoms with Gasteiger partial charge < -0.3 is 5.32 Å². The monoisotopic (exact) mass is 281 g/mol. The Bertz CT molecular complexity index is 578. The first kappa shape index (κ1) is 14.1. The van der Waals surface area contributed by atoms with Crippen molar-refractivity contribution in [2.24, 2.45) is 0 Å². The predicted octanol–water partition coefficient (Wildman–Crippen LogP) is 2.05. The zero-order valence-electron chi connectivity index (χ0n) is 11.1. The maximum absolute atomic E-state index is 12.0. The smallest absolute Gasteiger partial charge is 0.162 e. The number of anilines is 1. The first-order valence-corrected chi connectivity index (χ1v) is 8.44. The molecular formula is C14H19NO3S. The maximum atomic E-state index is 12.0. The molecule has 104 valence electrons. The summed E-state index contributed by atoms with van der Waals surface area (Å²) in [6, 6.07) is 5.69. The zero-order valence-corrected chi connectivity index (χ0v) is 11.9. The van der Waals surface area contributed by atoms with Crippen LogP contribution in [0.5, 0.6) is 0 Å². The van der Waals surface area contributed by atoms with E-state index in [1.807, 2.05) is 18.2 Å². The summed E-state index contributed by atoms with van der Waals surface area (Å²) in [7, 11) is -2.97. The lowest BCUT2D eigenvalue weighted by molar-refractivity contribution is 0.0982. The second kappa shape index (κ2) is 5.74. The first-order valence-electron chi connectivity index (χ1n) is 6.62. The third-order valence-corrected chi connectivity index (χ3v) is 5.23. The van der Waals surface area contributed by atoms with Crippen LogP contribution in [0.3, 0.4) is 0 Å². The molecule has 1 N–H and O–H groups in total. The van der Waals surface area contributed by atoms with Crippen LogP contribution in [0, 0.1) is 0 Å². The Morgan fingerprint density at radius 1 is 1.37 bits per heavy atom. The molecule has 1 aromatic carbocycles. The van der Waals surface area contributed by atoms with Gasteiger partial charge in [-0.15, -0.1) is 0 Å². The molecule has 0 aliphatic carbocycles. The molecule has 5 heteroatoms. The molecule has 1 heterocycles. The highest BCUT2D eigenvalue weighted by Crippen LogP contribution is 2.24. The van der Waals surface area contributed by atoms with Crippen LogP contribution in [0.4, 0.5) is 5.69 Å². The molecule has 2 rings (SSSR count). The number of sulfone groups is 1. The standard InChI is InChI=1S/C14H19NO3S/c1-2-19(17,18)9-3-4-14(16)12-6-5-11-7-8-15-13(11)10-12/h5-6,10,15H,2-4,7-9H2,1H3. The number of hydrogen-bond acceptors (Lipinski definition) is 4. The van der Waals surface area contributed by atoms with Gasteiger partial charge in [-0.1, -0.05) is 19.1 Å². The molecule has 0 radical (unpaired) electrons. The van der Waals surface area contributed by atoms with Gasteiger partial charge >= 0.3 is 0 Å². The van der Waals surface area contributed by atoms with E-state index in [1.54, 1.807) is 6.92 Å². The fourth-order valence-corrected chi connectivity index (χ4v) is 3.08. The molecule has 19 heavy (non-hydrogen) atoms. The van der Waals surface area contributed by atoms with E-state index in [2.05, 4.69) is 5.32 Å². The predicted molar refractivity (Wildman–Crippen MR) is 76.5 cm³/mol. The van der Waals surface area contributed by atoms with Gasteiger partial charge in [0.1, 0.15) is 9.84 Å². The number of fused-ring (bicyclic) bond motifs is 1. The Morgan fingerprint density at radius 2 is 2.16 bits per heavy atom. The average Bonchev–Trinajstić information content (AvgIpc) is 2.85. The van der Waals surface area contributed by atoms with Gasteiger partial charge in [0.25, 0.3) is 0 Å². The highest BCUT2D eigenvalue weighted by Gasteiger charge is 2.14. The Labute approximate surface area is 114 Å². The fourth-order valence-electron chi connectivity index (χ4n) is 2.21. The van der Waals surface area contributed by atoms with Crippen molar-refractivity contribution in [2.75, 3.05) is 23.4 Å². The van der Waals surface area contributed by atoms with E-state index in [0.717, 1.165) is 18.7 Å². The summed E-state index contributed by atoms with van der Waals surface area (Å²) >= 11 is 0. The minimum atomic E-state index is -2.97. The maximum Gasteiger partial charge on any atom is 0.162 e. The van der Waals surface area contributed by atoms with Crippen molar-refractivity contribution in [3.05, 3.63) is 29.3 Å². The van der Waals surface area contributed by atoms with Gasteiger partial charge in [0.2, 0.25) is 0 Å². The number of Topliss-reactive ketones (excluding diaryl/α,β-unsaturated/α-hetero) is 1. The summed E-state index contributed by atoms with van der Waals surface area (Å²) < 4.78 is 22.7. The molecule has 0 bridgehead atoms. The highest BCUT2D eigenvalue weighted by molar-refractivity contribution is 7.91. The van der Waals surface area contributed by atoms with Gasteiger partial charge in [-0.25, -0.2) is 8.42 Å². The van der Waals surface area contributed by atoms with Crippen molar-refractivity contribution in [1.29, 1.82) is 0 Å². The molecule has 4 nitrogen and oxygen atoms in total. The molecule has 0 atom stereocenters. The van der Waals surface area contributed by atoms with E-state index < -0.39 is 9.84 Å². The van der Waals surface area contributed by atoms with Gasteiger partial charge in [-0.2, -0.15) is 0 Å². The number of benzene rings is 1. The summed E-state index contributed by atoms with van der Waals surface area (Å²) in [5.41, 5.74) is 2.94. The normalized spacial score (nSPS) is 13.9. The molecule has 1 aliphatic rings. The molecule has 0 saturated carbocycles. The van der Waals surface area contributed by atoms with Crippen LogP contribution in [0.1, 0.15) is 35.7 Å². The number of ketones is 1. The van der Waals surface area contributed by atoms with E-state index in [4.69, 9.17) is 0 Å². The quantitative estimate of drug-likeness (QED) is 0.811. The Balaban J connectivity index is 1.94. The van der Waals surface area contributed by atoms with Crippen LogP contribution in [0.2, 0.25) is 0 Å². The SMILES string of the molecule is CCS(=O)(=O)CCCC(=O)c1ccc2c(c1)NCC2. The zero-order chi connectivity index (χ0) is 13.9. The van der Waals surface area contributed by atoms with Gasteiger partial charge in [-0.3, -0.25) is 4.79 Å². The van der Waals surface area contributed by atoms with Gasteiger partial charge in [0.15, 0.2) is 5.78 Å². The van der Waals surface area contributed by atoms with Crippen LogP contribution >= 0.6 is 0 Å². The number of nitrogens with one attached hydrogen (secondary N) is 1.